The van der Waals surface area contributed by atoms with Crippen LogP contribution in [0.25, 0.3) is 0 Å². The summed E-state index contributed by atoms with van der Waals surface area (Å²) in [5, 5.41) is 2.84. The highest BCUT2D eigenvalue weighted by Gasteiger charge is 2.21. The van der Waals surface area contributed by atoms with Gasteiger partial charge in [0.15, 0.2) is 0 Å². The van der Waals surface area contributed by atoms with Crippen LogP contribution in [-0.4, -0.2) is 33.2 Å². The Balaban J connectivity index is 2.91. The van der Waals surface area contributed by atoms with Crippen LogP contribution in [0.1, 0.15) is 52.0 Å². The van der Waals surface area contributed by atoms with Crippen molar-refractivity contribution in [1.29, 1.82) is 0 Å². The lowest BCUT2D eigenvalue weighted by molar-refractivity contribution is -0.120. The summed E-state index contributed by atoms with van der Waals surface area (Å²) in [4.78, 5) is 12.1. The fraction of sp³-hybridized carbons (Fsp3) is 0.588. The van der Waals surface area contributed by atoms with Crippen LogP contribution in [-0.2, 0) is 14.8 Å². The fourth-order valence-corrected chi connectivity index (χ4v) is 3.24. The minimum absolute atomic E-state index is 0.0391. The summed E-state index contributed by atoms with van der Waals surface area (Å²) < 4.78 is 25.2. The highest BCUT2D eigenvalue weighted by molar-refractivity contribution is 7.92. The van der Waals surface area contributed by atoms with Crippen molar-refractivity contribution in [2.24, 2.45) is 0 Å². The number of nitrogens with one attached hydrogen (secondary N) is 1. The number of sulfonamides is 1. The summed E-state index contributed by atoms with van der Waals surface area (Å²) in [6.07, 6.45) is 2.95. The third-order valence-corrected chi connectivity index (χ3v) is 4.80. The molecule has 1 N–H and O–H groups in total. The van der Waals surface area contributed by atoms with Crippen LogP contribution in [0.15, 0.2) is 24.3 Å². The minimum Gasteiger partial charge on any atom is -0.352 e. The normalized spacial score (nSPS) is 13.0. The molecule has 0 spiro atoms. The summed E-state index contributed by atoms with van der Waals surface area (Å²) in [5.41, 5.74) is 1.64. The fourth-order valence-electron chi connectivity index (χ4n) is 2.38. The number of nitrogens with zero attached hydrogens (tertiary/aromatic N) is 1. The van der Waals surface area contributed by atoms with Crippen LogP contribution >= 0.6 is 0 Å². The average molecular weight is 340 g/mol. The molecule has 1 atom stereocenters. The Morgan fingerprint density at radius 1 is 1.17 bits per heavy atom. The van der Waals surface area contributed by atoms with Crippen LogP contribution in [0.5, 0.6) is 0 Å². The SMILES string of the molecule is CCC[C@H](C)NC(=O)CN(c1ccc(C(C)C)cc1)S(C)(=O)=O. The molecule has 1 amide bonds. The summed E-state index contributed by atoms with van der Waals surface area (Å²) in [6, 6.07) is 7.33. The van der Waals surface area contributed by atoms with E-state index in [0.717, 1.165) is 29.0 Å². The highest BCUT2D eigenvalue weighted by Crippen LogP contribution is 2.21. The second-order valence-electron chi connectivity index (χ2n) is 6.27. The third-order valence-electron chi connectivity index (χ3n) is 3.66. The Bertz CT molecular complexity index is 609. The summed E-state index contributed by atoms with van der Waals surface area (Å²) in [6.45, 7) is 7.91. The molecule has 0 aliphatic rings. The van der Waals surface area contributed by atoms with Gasteiger partial charge in [-0.2, -0.15) is 0 Å². The van der Waals surface area contributed by atoms with Crippen molar-refractivity contribution in [3.8, 4) is 0 Å². The molecule has 5 nitrogen and oxygen atoms in total. The number of anilines is 1. The number of hydrogen-bond donors (Lipinski definition) is 1. The van der Waals surface area contributed by atoms with Gasteiger partial charge in [0.1, 0.15) is 6.54 Å². The van der Waals surface area contributed by atoms with Crippen LogP contribution in [0.3, 0.4) is 0 Å². The number of hydrogen-bond acceptors (Lipinski definition) is 3. The quantitative estimate of drug-likeness (QED) is 0.791. The first-order valence-electron chi connectivity index (χ1n) is 8.02. The molecule has 0 aromatic heterocycles. The molecule has 0 saturated carbocycles. The Labute approximate surface area is 140 Å². The van der Waals surface area contributed by atoms with Gasteiger partial charge < -0.3 is 5.32 Å². The van der Waals surface area contributed by atoms with Crippen molar-refractivity contribution in [3.63, 3.8) is 0 Å². The molecule has 0 bridgehead atoms. The second kappa shape index (κ2) is 8.34. The first-order valence-corrected chi connectivity index (χ1v) is 9.87. The van der Waals surface area contributed by atoms with Gasteiger partial charge in [0.2, 0.25) is 15.9 Å². The molecule has 23 heavy (non-hydrogen) atoms. The van der Waals surface area contributed by atoms with Crippen LogP contribution in [0.4, 0.5) is 5.69 Å². The molecule has 0 unspecified atom stereocenters. The first-order chi connectivity index (χ1) is 10.6. The largest absolute Gasteiger partial charge is 0.352 e. The maximum atomic E-state index is 12.1. The zero-order valence-electron chi connectivity index (χ0n) is 14.7. The molecule has 1 rings (SSSR count). The van der Waals surface area contributed by atoms with Crippen molar-refractivity contribution in [1.82, 2.24) is 5.32 Å². The topological polar surface area (TPSA) is 66.5 Å². The van der Waals surface area contributed by atoms with Crippen molar-refractivity contribution in [2.45, 2.75) is 52.5 Å². The van der Waals surface area contributed by atoms with Gasteiger partial charge >= 0.3 is 0 Å². The number of carbonyl (C=O) groups excluding carboxylic acids is 1. The van der Waals surface area contributed by atoms with E-state index in [-0.39, 0.29) is 18.5 Å². The summed E-state index contributed by atoms with van der Waals surface area (Å²) in [7, 11) is -3.52. The maximum Gasteiger partial charge on any atom is 0.240 e. The maximum absolute atomic E-state index is 12.1. The zero-order chi connectivity index (χ0) is 17.6. The van der Waals surface area contributed by atoms with Gasteiger partial charge in [-0.1, -0.05) is 39.3 Å². The predicted molar refractivity (Wildman–Crippen MR) is 95.2 cm³/mol. The molecule has 1 aromatic carbocycles. The van der Waals surface area contributed by atoms with E-state index in [9.17, 15) is 13.2 Å². The smallest absolute Gasteiger partial charge is 0.240 e. The Hall–Kier alpha value is -1.56. The number of benzene rings is 1. The van der Waals surface area contributed by atoms with E-state index in [4.69, 9.17) is 0 Å². The van der Waals surface area contributed by atoms with Crippen LogP contribution in [0, 0.1) is 0 Å². The van der Waals surface area contributed by atoms with Gasteiger partial charge in [0, 0.05) is 6.04 Å². The van der Waals surface area contributed by atoms with E-state index in [1.54, 1.807) is 12.1 Å². The molecular weight excluding hydrogens is 312 g/mol. The molecular formula is C17H28N2O3S. The van der Waals surface area contributed by atoms with Crippen molar-refractivity contribution in [3.05, 3.63) is 29.8 Å². The van der Waals surface area contributed by atoms with Crippen molar-refractivity contribution >= 4 is 21.6 Å². The lowest BCUT2D eigenvalue weighted by atomic mass is 10.0. The van der Waals surface area contributed by atoms with Gasteiger partial charge in [0.25, 0.3) is 0 Å². The summed E-state index contributed by atoms with van der Waals surface area (Å²) in [5.74, 6) is 0.0817. The molecule has 0 aliphatic heterocycles. The molecule has 0 saturated heterocycles. The second-order valence-corrected chi connectivity index (χ2v) is 8.18. The minimum atomic E-state index is -3.52. The van der Waals surface area contributed by atoms with Gasteiger partial charge in [-0.25, -0.2) is 8.42 Å². The van der Waals surface area contributed by atoms with E-state index >= 15 is 0 Å². The van der Waals surface area contributed by atoms with E-state index in [2.05, 4.69) is 19.2 Å². The Kier molecular flexibility index (Phi) is 7.06. The van der Waals surface area contributed by atoms with E-state index < -0.39 is 10.0 Å². The zero-order valence-corrected chi connectivity index (χ0v) is 15.5. The summed E-state index contributed by atoms with van der Waals surface area (Å²) >= 11 is 0. The van der Waals surface area contributed by atoms with Gasteiger partial charge in [0.05, 0.1) is 11.9 Å². The van der Waals surface area contributed by atoms with Gasteiger partial charge in [-0.3, -0.25) is 9.10 Å². The van der Waals surface area contributed by atoms with Crippen LogP contribution < -0.4 is 9.62 Å². The van der Waals surface area contributed by atoms with Crippen molar-refractivity contribution < 1.29 is 13.2 Å². The molecule has 1 aromatic rings. The number of amides is 1. The molecule has 130 valence electrons. The molecule has 6 heteroatoms. The van der Waals surface area contributed by atoms with E-state index in [0.29, 0.717) is 11.6 Å². The highest BCUT2D eigenvalue weighted by atomic mass is 32.2. The lowest BCUT2D eigenvalue weighted by Gasteiger charge is -2.23. The molecule has 0 heterocycles. The van der Waals surface area contributed by atoms with Gasteiger partial charge in [-0.05, 0) is 37.0 Å². The van der Waals surface area contributed by atoms with Crippen LogP contribution in [0.2, 0.25) is 0 Å². The number of carbonyl (C=O) groups is 1. The number of rotatable bonds is 8. The predicted octanol–water partition coefficient (Wildman–Crippen LogP) is 2.88. The Morgan fingerprint density at radius 2 is 1.74 bits per heavy atom. The van der Waals surface area contributed by atoms with E-state index in [1.165, 1.54) is 0 Å². The molecule has 0 fully saturated rings. The monoisotopic (exact) mass is 340 g/mol. The van der Waals surface area contributed by atoms with Crippen molar-refractivity contribution in [2.75, 3.05) is 17.1 Å². The first kappa shape index (κ1) is 19.5. The standard InChI is InChI=1S/C17H28N2O3S/c1-6-7-14(4)18-17(20)12-19(23(5,21)22)16-10-8-15(9-11-16)13(2)3/h8-11,13-14H,6-7,12H2,1-5H3,(H,18,20)/t14-/m0/s1. The van der Waals surface area contributed by atoms with Gasteiger partial charge in [-0.15, -0.1) is 0 Å². The van der Waals surface area contributed by atoms with E-state index in [1.807, 2.05) is 26.0 Å². The molecule has 0 radical (unpaired) electrons. The Morgan fingerprint density at radius 3 is 2.17 bits per heavy atom. The lowest BCUT2D eigenvalue weighted by Crippen LogP contribution is -2.43. The molecule has 0 aliphatic carbocycles. The third kappa shape index (κ3) is 6.22. The average Bonchev–Trinajstić information content (AvgIpc) is 2.44.